The first-order valence-electron chi connectivity index (χ1n) is 8.83. The van der Waals surface area contributed by atoms with E-state index in [1.165, 1.54) is 18.4 Å². The van der Waals surface area contributed by atoms with Crippen LogP contribution < -0.4 is 10.5 Å². The molecule has 0 aromatic carbocycles. The molecule has 3 aromatic heterocycles. The Morgan fingerprint density at radius 1 is 1.20 bits per heavy atom. The van der Waals surface area contributed by atoms with Crippen molar-refractivity contribution >= 4 is 5.52 Å². The lowest BCUT2D eigenvalue weighted by Gasteiger charge is -2.42. The predicted molar refractivity (Wildman–Crippen MR) is 93.4 cm³/mol. The molecule has 25 heavy (non-hydrogen) atoms. The number of hydrogen-bond acceptors (Lipinski definition) is 5. The van der Waals surface area contributed by atoms with Crippen LogP contribution >= 0.6 is 0 Å². The van der Waals surface area contributed by atoms with Crippen molar-refractivity contribution in [3.05, 3.63) is 30.4 Å². The van der Waals surface area contributed by atoms with Gasteiger partial charge in [-0.3, -0.25) is 4.68 Å². The molecule has 0 amide bonds. The van der Waals surface area contributed by atoms with E-state index in [-0.39, 0.29) is 11.6 Å². The maximum absolute atomic E-state index is 6.39. The molecule has 0 atom stereocenters. The van der Waals surface area contributed by atoms with Crippen LogP contribution in [0.1, 0.15) is 44.1 Å². The molecule has 0 spiro atoms. The molecule has 5 rings (SSSR count). The fourth-order valence-electron chi connectivity index (χ4n) is 3.82. The van der Waals surface area contributed by atoms with Crippen LogP contribution in [-0.4, -0.2) is 36.0 Å². The van der Waals surface area contributed by atoms with E-state index >= 15 is 0 Å². The summed E-state index contributed by atoms with van der Waals surface area (Å²) < 4.78 is 10.1. The van der Waals surface area contributed by atoms with Gasteiger partial charge in [0.1, 0.15) is 11.1 Å². The number of aromatic nitrogens is 5. The zero-order chi connectivity index (χ0) is 17.2. The fraction of sp³-hybridized carbons (Fsp3) is 0.500. The molecule has 2 fully saturated rings. The first-order chi connectivity index (χ1) is 12.0. The molecule has 7 nitrogen and oxygen atoms in total. The van der Waals surface area contributed by atoms with Gasteiger partial charge >= 0.3 is 0 Å². The quantitative estimate of drug-likeness (QED) is 0.789. The molecule has 2 N–H and O–H groups in total. The Kier molecular flexibility index (Phi) is 3.01. The van der Waals surface area contributed by atoms with Crippen LogP contribution in [-0.2, 0) is 7.05 Å². The second-order valence-electron chi connectivity index (χ2n) is 7.72. The van der Waals surface area contributed by atoms with E-state index in [1.54, 1.807) is 4.68 Å². The molecule has 2 aliphatic rings. The molecule has 3 aromatic rings. The van der Waals surface area contributed by atoms with Crippen molar-refractivity contribution in [1.29, 1.82) is 0 Å². The standard InChI is InChI=1S/C18H22N6O/c1-18(5-13(19)6-18)25-17-16-14(11-3-4-11)8-21-24(16)10-15(22-17)12-7-20-23(2)9-12/h7-11,13H,3-6,19H2,1-2H3. The third-order valence-corrected chi connectivity index (χ3v) is 5.24. The van der Waals surface area contributed by atoms with Gasteiger partial charge in [-0.2, -0.15) is 10.2 Å². The van der Waals surface area contributed by atoms with Crippen molar-refractivity contribution in [2.75, 3.05) is 0 Å². The largest absolute Gasteiger partial charge is 0.470 e. The summed E-state index contributed by atoms with van der Waals surface area (Å²) in [6, 6.07) is 0.218. The minimum Gasteiger partial charge on any atom is -0.470 e. The number of aryl methyl sites for hydroxylation is 1. The number of fused-ring (bicyclic) bond motifs is 1. The van der Waals surface area contributed by atoms with Crippen molar-refractivity contribution in [2.24, 2.45) is 12.8 Å². The summed E-state index contributed by atoms with van der Waals surface area (Å²) in [5.41, 5.74) is 9.74. The highest BCUT2D eigenvalue weighted by Gasteiger charge is 2.42. The van der Waals surface area contributed by atoms with Crippen LogP contribution in [0.15, 0.2) is 24.8 Å². The molecule has 0 bridgehead atoms. The van der Waals surface area contributed by atoms with E-state index in [0.717, 1.165) is 29.6 Å². The number of rotatable bonds is 4. The van der Waals surface area contributed by atoms with E-state index in [2.05, 4.69) is 17.1 Å². The third-order valence-electron chi connectivity index (χ3n) is 5.24. The molecule has 3 heterocycles. The Labute approximate surface area is 145 Å². The Hall–Kier alpha value is -2.41. The molecule has 0 saturated heterocycles. The molecule has 2 saturated carbocycles. The summed E-state index contributed by atoms with van der Waals surface area (Å²) >= 11 is 0. The topological polar surface area (TPSA) is 83.3 Å². The van der Waals surface area contributed by atoms with Gasteiger partial charge in [-0.05, 0) is 25.7 Å². The maximum Gasteiger partial charge on any atom is 0.241 e. The Bertz CT molecular complexity index is 948. The zero-order valence-electron chi connectivity index (χ0n) is 14.5. The zero-order valence-corrected chi connectivity index (χ0v) is 14.5. The third kappa shape index (κ3) is 2.50. The van der Waals surface area contributed by atoms with Crippen molar-refractivity contribution in [3.8, 4) is 17.1 Å². The van der Waals surface area contributed by atoms with Crippen LogP contribution in [0.25, 0.3) is 16.8 Å². The summed E-state index contributed by atoms with van der Waals surface area (Å²) in [4.78, 5) is 4.84. The SMILES string of the molecule is Cn1cc(-c2cn3ncc(C4CC4)c3c(OC3(C)CC(N)C3)n2)cn1. The van der Waals surface area contributed by atoms with Crippen LogP contribution in [0.2, 0.25) is 0 Å². The van der Waals surface area contributed by atoms with E-state index in [0.29, 0.717) is 11.8 Å². The number of hydrogen-bond donors (Lipinski definition) is 1. The monoisotopic (exact) mass is 338 g/mol. The Morgan fingerprint density at radius 3 is 2.64 bits per heavy atom. The van der Waals surface area contributed by atoms with Gasteiger partial charge in [0.2, 0.25) is 5.88 Å². The van der Waals surface area contributed by atoms with Gasteiger partial charge in [0, 0.05) is 43.3 Å². The van der Waals surface area contributed by atoms with Gasteiger partial charge in [0.15, 0.2) is 0 Å². The summed E-state index contributed by atoms with van der Waals surface area (Å²) in [5.74, 6) is 1.25. The molecule has 0 aliphatic heterocycles. The van der Waals surface area contributed by atoms with Gasteiger partial charge in [0.25, 0.3) is 0 Å². The predicted octanol–water partition coefficient (Wildman–Crippen LogP) is 2.27. The lowest BCUT2D eigenvalue weighted by molar-refractivity contribution is -0.00641. The summed E-state index contributed by atoms with van der Waals surface area (Å²) in [6.45, 7) is 2.11. The van der Waals surface area contributed by atoms with Crippen molar-refractivity contribution < 1.29 is 4.74 Å². The molecule has 0 unspecified atom stereocenters. The molecular formula is C18H22N6O. The van der Waals surface area contributed by atoms with E-state index in [4.69, 9.17) is 15.5 Å². The fourth-order valence-corrected chi connectivity index (χ4v) is 3.82. The second kappa shape index (κ2) is 5.05. The molecule has 0 radical (unpaired) electrons. The molecule has 130 valence electrons. The minimum absolute atomic E-state index is 0.218. The van der Waals surface area contributed by atoms with Crippen LogP contribution in [0.5, 0.6) is 5.88 Å². The van der Waals surface area contributed by atoms with Crippen LogP contribution in [0.4, 0.5) is 0 Å². The van der Waals surface area contributed by atoms with Gasteiger partial charge < -0.3 is 10.5 Å². The van der Waals surface area contributed by atoms with E-state index in [9.17, 15) is 0 Å². The molecule has 7 heteroatoms. The lowest BCUT2D eigenvalue weighted by atomic mass is 9.77. The second-order valence-corrected chi connectivity index (χ2v) is 7.72. The van der Waals surface area contributed by atoms with Crippen molar-refractivity contribution in [3.63, 3.8) is 0 Å². The smallest absolute Gasteiger partial charge is 0.241 e. The van der Waals surface area contributed by atoms with E-state index in [1.807, 2.05) is 36.4 Å². The average molecular weight is 338 g/mol. The Balaban J connectivity index is 1.64. The highest BCUT2D eigenvalue weighted by molar-refractivity contribution is 5.68. The molecular weight excluding hydrogens is 316 g/mol. The Morgan fingerprint density at radius 2 is 2.00 bits per heavy atom. The summed E-state index contributed by atoms with van der Waals surface area (Å²) in [7, 11) is 1.90. The summed E-state index contributed by atoms with van der Waals surface area (Å²) in [6.07, 6.45) is 11.8. The summed E-state index contributed by atoms with van der Waals surface area (Å²) in [5, 5.41) is 8.81. The number of nitrogens with two attached hydrogens (primary N) is 1. The van der Waals surface area contributed by atoms with Crippen molar-refractivity contribution in [1.82, 2.24) is 24.4 Å². The molecule has 2 aliphatic carbocycles. The lowest BCUT2D eigenvalue weighted by Crippen LogP contribution is -2.53. The van der Waals surface area contributed by atoms with Gasteiger partial charge in [0.05, 0.1) is 24.3 Å². The average Bonchev–Trinajstić information content (AvgIpc) is 3.13. The van der Waals surface area contributed by atoms with Gasteiger partial charge in [-0.15, -0.1) is 0 Å². The maximum atomic E-state index is 6.39. The first kappa shape index (κ1) is 14.9. The van der Waals surface area contributed by atoms with Gasteiger partial charge in [-0.25, -0.2) is 9.50 Å². The van der Waals surface area contributed by atoms with Crippen molar-refractivity contribution in [2.45, 2.75) is 50.2 Å². The van der Waals surface area contributed by atoms with Crippen LogP contribution in [0, 0.1) is 0 Å². The van der Waals surface area contributed by atoms with Gasteiger partial charge in [-0.1, -0.05) is 0 Å². The highest BCUT2D eigenvalue weighted by Crippen LogP contribution is 2.45. The number of nitrogens with zero attached hydrogens (tertiary/aromatic N) is 5. The van der Waals surface area contributed by atoms with E-state index < -0.39 is 0 Å². The normalized spacial score (nSPS) is 26.0. The first-order valence-corrected chi connectivity index (χ1v) is 8.83. The minimum atomic E-state index is -0.244. The highest BCUT2D eigenvalue weighted by atomic mass is 16.5. The number of ether oxygens (including phenoxy) is 1. The van der Waals surface area contributed by atoms with Crippen LogP contribution in [0.3, 0.4) is 0 Å².